The summed E-state index contributed by atoms with van der Waals surface area (Å²) in [6.07, 6.45) is 0.151. The molecule has 0 saturated heterocycles. The van der Waals surface area contributed by atoms with Crippen molar-refractivity contribution in [2.24, 2.45) is 5.10 Å². The number of hydrogen-bond acceptors (Lipinski definition) is 7. The number of phenols is 1. The number of aromatic amines is 1. The van der Waals surface area contributed by atoms with E-state index >= 15 is 0 Å². The van der Waals surface area contributed by atoms with Crippen molar-refractivity contribution in [2.75, 3.05) is 7.11 Å². The number of carbonyl (C=O) groups excluding carboxylic acids is 1. The minimum atomic E-state index is -0.857. The van der Waals surface area contributed by atoms with Crippen LogP contribution in [0.5, 0.6) is 17.4 Å². The van der Waals surface area contributed by atoms with Crippen LogP contribution in [0.3, 0.4) is 0 Å². The van der Waals surface area contributed by atoms with Gasteiger partial charge in [0.15, 0.2) is 0 Å². The van der Waals surface area contributed by atoms with E-state index in [1.165, 1.54) is 31.4 Å². The monoisotopic (exact) mass is 424 g/mol. The maximum atomic E-state index is 12.4. The molecule has 4 N–H and O–H groups in total. The van der Waals surface area contributed by atoms with Gasteiger partial charge in [-0.25, -0.2) is 14.8 Å². The molecule has 31 heavy (non-hydrogen) atoms. The molecule has 3 rings (SSSR count). The van der Waals surface area contributed by atoms with E-state index in [1.807, 2.05) is 0 Å². The summed E-state index contributed by atoms with van der Waals surface area (Å²) in [6, 6.07) is 12.1. The molecule has 0 radical (unpaired) electrons. The van der Waals surface area contributed by atoms with Gasteiger partial charge in [0.1, 0.15) is 17.1 Å². The molecule has 1 amide bonds. The summed E-state index contributed by atoms with van der Waals surface area (Å²) < 4.78 is 5.99. The average Bonchev–Trinajstić information content (AvgIpc) is 2.76. The van der Waals surface area contributed by atoms with Gasteiger partial charge in [-0.1, -0.05) is 19.1 Å². The molecule has 10 nitrogen and oxygen atoms in total. The van der Waals surface area contributed by atoms with Crippen molar-refractivity contribution >= 4 is 11.6 Å². The first kappa shape index (κ1) is 21.4. The topological polar surface area (TPSA) is 146 Å². The highest BCUT2D eigenvalue weighted by Gasteiger charge is 2.20. The summed E-state index contributed by atoms with van der Waals surface area (Å²) in [5, 5.41) is 24.5. The molecule has 0 spiro atoms. The predicted molar refractivity (Wildman–Crippen MR) is 113 cm³/mol. The van der Waals surface area contributed by atoms with Gasteiger partial charge in [-0.05, 0) is 42.8 Å². The Kier molecular flexibility index (Phi) is 6.20. The second-order valence-electron chi connectivity index (χ2n) is 6.36. The van der Waals surface area contributed by atoms with Crippen LogP contribution in [0.2, 0.25) is 0 Å². The number of phenolic OH excluding ortho intramolecular Hbond substituents is 1. The van der Waals surface area contributed by atoms with Gasteiger partial charge in [-0.15, -0.1) is 0 Å². The van der Waals surface area contributed by atoms with Crippen LogP contribution in [0.4, 0.5) is 0 Å². The molecule has 0 bridgehead atoms. The van der Waals surface area contributed by atoms with Gasteiger partial charge in [0, 0.05) is 0 Å². The fourth-order valence-electron chi connectivity index (χ4n) is 2.91. The number of amides is 1. The Hall–Kier alpha value is -4.34. The Bertz CT molecular complexity index is 1260. The summed E-state index contributed by atoms with van der Waals surface area (Å²) >= 11 is 0. The number of rotatable bonds is 6. The van der Waals surface area contributed by atoms with Crippen LogP contribution in [0, 0.1) is 0 Å². The van der Waals surface area contributed by atoms with Crippen LogP contribution >= 0.6 is 0 Å². The molecule has 3 aromatic rings. The molecule has 0 atom stereocenters. The minimum Gasteiger partial charge on any atom is -0.507 e. The van der Waals surface area contributed by atoms with Crippen molar-refractivity contribution in [3.05, 3.63) is 80.5 Å². The second kappa shape index (κ2) is 8.99. The summed E-state index contributed by atoms with van der Waals surface area (Å²) in [5.74, 6) is -1.02. The van der Waals surface area contributed by atoms with Crippen molar-refractivity contribution in [1.82, 2.24) is 15.0 Å². The van der Waals surface area contributed by atoms with Crippen molar-refractivity contribution in [2.45, 2.75) is 13.3 Å². The van der Waals surface area contributed by atoms with Crippen LogP contribution in [-0.2, 0) is 0 Å². The maximum absolute atomic E-state index is 12.4. The Labute approximate surface area is 176 Å². The molecule has 0 unspecified atom stereocenters. The molecular formula is C21H20N4O6. The Morgan fingerprint density at radius 3 is 2.42 bits per heavy atom. The molecule has 0 aliphatic heterocycles. The predicted octanol–water partition coefficient (Wildman–Crippen LogP) is 1.49. The van der Waals surface area contributed by atoms with Crippen LogP contribution in [0.15, 0.2) is 63.2 Å². The number of benzene rings is 2. The first-order chi connectivity index (χ1) is 14.9. The number of aromatic hydroxyl groups is 2. The number of carbonyl (C=O) groups is 1. The number of ether oxygens (including phenoxy) is 1. The molecule has 0 aliphatic carbocycles. The fourth-order valence-corrected chi connectivity index (χ4v) is 2.91. The molecular weight excluding hydrogens is 404 g/mol. The van der Waals surface area contributed by atoms with Crippen molar-refractivity contribution in [1.29, 1.82) is 0 Å². The second-order valence-corrected chi connectivity index (χ2v) is 6.36. The van der Waals surface area contributed by atoms with Gasteiger partial charge in [-0.2, -0.15) is 5.10 Å². The third-order valence-electron chi connectivity index (χ3n) is 4.48. The molecule has 2 aromatic carbocycles. The van der Waals surface area contributed by atoms with E-state index in [-0.39, 0.29) is 34.7 Å². The van der Waals surface area contributed by atoms with Gasteiger partial charge in [0.25, 0.3) is 11.5 Å². The van der Waals surface area contributed by atoms with E-state index in [2.05, 4.69) is 15.5 Å². The van der Waals surface area contributed by atoms with E-state index in [4.69, 9.17) is 4.74 Å². The smallest absolute Gasteiger partial charge is 0.335 e. The molecule has 1 heterocycles. The molecule has 1 aromatic heterocycles. The lowest BCUT2D eigenvalue weighted by Gasteiger charge is -2.13. The van der Waals surface area contributed by atoms with E-state index in [9.17, 15) is 24.6 Å². The number of nitrogens with one attached hydrogen (secondary N) is 2. The maximum Gasteiger partial charge on any atom is 0.335 e. The van der Waals surface area contributed by atoms with E-state index in [0.29, 0.717) is 5.75 Å². The number of nitrogens with zero attached hydrogens (tertiary/aromatic N) is 2. The van der Waals surface area contributed by atoms with Crippen LogP contribution < -0.4 is 21.4 Å². The Balaban J connectivity index is 2.04. The van der Waals surface area contributed by atoms with Crippen molar-refractivity contribution in [3.63, 3.8) is 0 Å². The molecule has 0 fully saturated rings. The highest BCUT2D eigenvalue weighted by molar-refractivity contribution is 6.03. The van der Waals surface area contributed by atoms with Crippen molar-refractivity contribution < 1.29 is 19.7 Å². The van der Waals surface area contributed by atoms with E-state index in [0.717, 1.165) is 4.57 Å². The number of H-pyrrole nitrogens is 1. The molecule has 160 valence electrons. The zero-order valence-corrected chi connectivity index (χ0v) is 16.7. The summed E-state index contributed by atoms with van der Waals surface area (Å²) in [5.41, 5.74) is 0.594. The van der Waals surface area contributed by atoms with Crippen LogP contribution in [0.1, 0.15) is 29.3 Å². The number of aromatic nitrogens is 2. The number of hydrogen-bond donors (Lipinski definition) is 4. The quantitative estimate of drug-likeness (QED) is 0.348. The van der Waals surface area contributed by atoms with E-state index < -0.39 is 23.0 Å². The first-order valence-corrected chi connectivity index (χ1v) is 9.25. The zero-order chi connectivity index (χ0) is 22.5. The lowest BCUT2D eigenvalue weighted by Crippen LogP contribution is -2.34. The lowest BCUT2D eigenvalue weighted by atomic mass is 10.1. The van der Waals surface area contributed by atoms with Gasteiger partial charge >= 0.3 is 5.69 Å². The number of para-hydroxylation sites is 1. The molecule has 0 saturated carbocycles. The summed E-state index contributed by atoms with van der Waals surface area (Å²) in [4.78, 5) is 39.2. The van der Waals surface area contributed by atoms with Crippen LogP contribution in [-0.4, -0.2) is 38.5 Å². The number of methoxy groups -OCH3 is 1. The fraction of sp³-hybridized carbons (Fsp3) is 0.143. The van der Waals surface area contributed by atoms with E-state index in [1.54, 1.807) is 31.2 Å². The van der Waals surface area contributed by atoms with Gasteiger partial charge in [0.2, 0.25) is 5.88 Å². The first-order valence-electron chi connectivity index (χ1n) is 9.25. The standard InChI is InChI=1S/C21H20N4O6/c1-3-15(23-24-18(27)14-6-4-5-7-16(14)26)17-19(28)22-21(30)25(20(17)29)12-8-10-13(31-2)11-9-12/h4-11,26,29H,3H2,1-2H3,(H,24,27)(H,22,28,30). The molecule has 0 aliphatic rings. The summed E-state index contributed by atoms with van der Waals surface area (Å²) in [6.45, 7) is 1.66. The normalized spacial score (nSPS) is 11.2. The molecule has 10 heteroatoms. The highest BCUT2D eigenvalue weighted by Crippen LogP contribution is 2.20. The van der Waals surface area contributed by atoms with Crippen molar-refractivity contribution in [3.8, 4) is 23.1 Å². The minimum absolute atomic E-state index is 0.0111. The third-order valence-corrected chi connectivity index (χ3v) is 4.48. The Morgan fingerprint density at radius 2 is 1.81 bits per heavy atom. The largest absolute Gasteiger partial charge is 0.507 e. The van der Waals surface area contributed by atoms with Gasteiger partial charge < -0.3 is 14.9 Å². The lowest BCUT2D eigenvalue weighted by molar-refractivity contribution is 0.0952. The number of hydrazone groups is 1. The zero-order valence-electron chi connectivity index (χ0n) is 16.7. The Morgan fingerprint density at radius 1 is 1.13 bits per heavy atom. The van der Waals surface area contributed by atoms with Gasteiger partial charge in [-0.3, -0.25) is 14.6 Å². The third kappa shape index (κ3) is 4.32. The SMILES string of the molecule is CCC(=NNC(=O)c1ccccc1O)c1c(O)n(-c2ccc(OC)cc2)c(=O)[nH]c1=O. The summed E-state index contributed by atoms with van der Waals surface area (Å²) in [7, 11) is 1.49. The highest BCUT2D eigenvalue weighted by atomic mass is 16.5. The van der Waals surface area contributed by atoms with Crippen LogP contribution in [0.25, 0.3) is 5.69 Å². The van der Waals surface area contributed by atoms with Gasteiger partial charge in [0.05, 0.1) is 24.1 Å². The average molecular weight is 424 g/mol.